The average molecular weight is 280 g/mol. The van der Waals surface area contributed by atoms with Crippen LogP contribution in [0.2, 0.25) is 0 Å². The van der Waals surface area contributed by atoms with Crippen molar-refractivity contribution in [3.05, 3.63) is 55.0 Å². The van der Waals surface area contributed by atoms with E-state index in [1.165, 1.54) is 0 Å². The number of nitrogens with zero attached hydrogens (tertiary/aromatic N) is 3. The second-order valence-electron chi connectivity index (χ2n) is 4.78. The lowest BCUT2D eigenvalue weighted by atomic mass is 10.2. The van der Waals surface area contributed by atoms with E-state index in [0.717, 1.165) is 22.3 Å². The van der Waals surface area contributed by atoms with Crippen LogP contribution >= 0.6 is 0 Å². The van der Waals surface area contributed by atoms with E-state index in [-0.39, 0.29) is 12.5 Å². The van der Waals surface area contributed by atoms with Crippen molar-refractivity contribution in [3.8, 4) is 0 Å². The Labute approximate surface area is 122 Å². The molecular weight excluding hydrogens is 264 g/mol. The zero-order valence-corrected chi connectivity index (χ0v) is 11.7. The van der Waals surface area contributed by atoms with Gasteiger partial charge in [0.25, 0.3) is 0 Å². The summed E-state index contributed by atoms with van der Waals surface area (Å²) in [6.45, 7) is -0.0501. The molecule has 0 bridgehead atoms. The van der Waals surface area contributed by atoms with Crippen LogP contribution in [0, 0.1) is 0 Å². The zero-order valence-electron chi connectivity index (χ0n) is 11.7. The van der Waals surface area contributed by atoms with Crippen molar-refractivity contribution in [1.29, 1.82) is 0 Å². The Hall–Kier alpha value is -2.66. The van der Waals surface area contributed by atoms with Crippen LogP contribution < -0.4 is 10.6 Å². The minimum absolute atomic E-state index is 0.0501. The molecule has 3 aromatic rings. The summed E-state index contributed by atoms with van der Waals surface area (Å²) in [6.07, 6.45) is 5.27. The van der Waals surface area contributed by atoms with Gasteiger partial charge in [-0.3, -0.25) is 14.7 Å². The van der Waals surface area contributed by atoms with Gasteiger partial charge in [0.1, 0.15) is 0 Å². The van der Waals surface area contributed by atoms with E-state index in [1.807, 2.05) is 42.1 Å². The third kappa shape index (κ3) is 2.28. The molecule has 0 fully saturated rings. The smallest absolute Gasteiger partial charge is 0.245 e. The highest BCUT2D eigenvalue weighted by Crippen LogP contribution is 2.33. The lowest BCUT2D eigenvalue weighted by Crippen LogP contribution is -2.32. The highest BCUT2D eigenvalue weighted by molar-refractivity contribution is 6.08. The van der Waals surface area contributed by atoms with E-state index in [4.69, 9.17) is 5.73 Å². The number of hydrogen-bond donors (Lipinski definition) is 1. The number of fused-ring (bicyclic) bond motifs is 1. The van der Waals surface area contributed by atoms with Crippen LogP contribution in [0.15, 0.2) is 55.0 Å². The van der Waals surface area contributed by atoms with Crippen LogP contribution in [0.4, 0.5) is 11.4 Å². The van der Waals surface area contributed by atoms with Crippen LogP contribution in [-0.4, -0.2) is 22.0 Å². The molecule has 1 aromatic carbocycles. The first-order valence-electron chi connectivity index (χ1n) is 6.69. The largest absolute Gasteiger partial charge is 0.348 e. The summed E-state index contributed by atoms with van der Waals surface area (Å²) in [4.78, 5) is 18.0. The van der Waals surface area contributed by atoms with Crippen LogP contribution in [0.25, 0.3) is 10.9 Å². The average Bonchev–Trinajstić information content (AvgIpc) is 2.86. The first kappa shape index (κ1) is 13.3. The second-order valence-corrected chi connectivity index (χ2v) is 4.78. The minimum atomic E-state index is -0.155. The third-order valence-corrected chi connectivity index (χ3v) is 3.46. The van der Waals surface area contributed by atoms with Crippen molar-refractivity contribution in [3.63, 3.8) is 0 Å². The summed E-state index contributed by atoms with van der Waals surface area (Å²) < 4.78 is 2.00. The Balaban J connectivity index is 2.22. The van der Waals surface area contributed by atoms with Crippen molar-refractivity contribution < 1.29 is 4.79 Å². The van der Waals surface area contributed by atoms with E-state index in [0.29, 0.717) is 0 Å². The van der Waals surface area contributed by atoms with Crippen LogP contribution in [0.3, 0.4) is 0 Å². The number of carbonyl (C=O) groups excluding carboxylic acids is 1. The molecule has 0 aliphatic carbocycles. The standard InChI is InChI=1S/C16H16N4O/c1-19-11-15(13-4-2-3-5-14(13)19)20(16(21)10-17)12-6-8-18-9-7-12/h2-9,11H,10,17H2,1H3. The van der Waals surface area contributed by atoms with E-state index in [9.17, 15) is 4.79 Å². The van der Waals surface area contributed by atoms with Gasteiger partial charge < -0.3 is 10.3 Å². The van der Waals surface area contributed by atoms with Gasteiger partial charge in [0.2, 0.25) is 5.91 Å². The van der Waals surface area contributed by atoms with Gasteiger partial charge in [-0.25, -0.2) is 0 Å². The molecule has 106 valence electrons. The molecule has 0 spiro atoms. The lowest BCUT2D eigenvalue weighted by molar-refractivity contribution is -0.116. The van der Waals surface area contributed by atoms with E-state index in [1.54, 1.807) is 29.4 Å². The summed E-state index contributed by atoms with van der Waals surface area (Å²) in [5, 5.41) is 1.01. The minimum Gasteiger partial charge on any atom is -0.348 e. The molecule has 1 amide bonds. The molecule has 0 saturated carbocycles. The highest BCUT2D eigenvalue weighted by Gasteiger charge is 2.20. The highest BCUT2D eigenvalue weighted by atomic mass is 16.2. The first-order valence-corrected chi connectivity index (χ1v) is 6.69. The summed E-state index contributed by atoms with van der Waals surface area (Å²) in [6, 6.07) is 11.6. The van der Waals surface area contributed by atoms with Crippen molar-refractivity contribution >= 4 is 28.2 Å². The van der Waals surface area contributed by atoms with E-state index < -0.39 is 0 Å². The van der Waals surface area contributed by atoms with Crippen molar-refractivity contribution in [1.82, 2.24) is 9.55 Å². The molecule has 5 heteroatoms. The molecule has 21 heavy (non-hydrogen) atoms. The number of aromatic nitrogens is 2. The van der Waals surface area contributed by atoms with Crippen molar-refractivity contribution in [2.24, 2.45) is 12.8 Å². The zero-order chi connectivity index (χ0) is 14.8. The predicted molar refractivity (Wildman–Crippen MR) is 83.4 cm³/mol. The SMILES string of the molecule is Cn1cc(N(C(=O)CN)c2ccncc2)c2ccccc21. The number of hydrogen-bond acceptors (Lipinski definition) is 3. The van der Waals surface area contributed by atoms with Gasteiger partial charge in [-0.15, -0.1) is 0 Å². The number of anilines is 2. The first-order chi connectivity index (χ1) is 10.2. The monoisotopic (exact) mass is 280 g/mol. The van der Waals surface area contributed by atoms with Gasteiger partial charge in [-0.1, -0.05) is 18.2 Å². The molecule has 5 nitrogen and oxygen atoms in total. The van der Waals surface area contributed by atoms with E-state index >= 15 is 0 Å². The Morgan fingerprint density at radius 2 is 1.95 bits per heavy atom. The van der Waals surface area contributed by atoms with Gasteiger partial charge in [0, 0.05) is 36.5 Å². The topological polar surface area (TPSA) is 64.2 Å². The number of carbonyl (C=O) groups is 1. The molecule has 0 aliphatic rings. The maximum atomic E-state index is 12.3. The Kier molecular flexibility index (Phi) is 3.41. The number of benzene rings is 1. The molecule has 0 radical (unpaired) electrons. The van der Waals surface area contributed by atoms with Crippen LogP contribution in [0.1, 0.15) is 0 Å². The van der Waals surface area contributed by atoms with Crippen LogP contribution in [0.5, 0.6) is 0 Å². The number of amides is 1. The molecule has 0 saturated heterocycles. The normalized spacial score (nSPS) is 10.8. The summed E-state index contributed by atoms with van der Waals surface area (Å²) in [5.74, 6) is -0.155. The van der Waals surface area contributed by atoms with Crippen molar-refractivity contribution in [2.75, 3.05) is 11.4 Å². The molecular formula is C16H16N4O. The quantitative estimate of drug-likeness (QED) is 0.800. The van der Waals surface area contributed by atoms with Crippen LogP contribution in [-0.2, 0) is 11.8 Å². The summed E-state index contributed by atoms with van der Waals surface area (Å²) in [7, 11) is 1.96. The maximum Gasteiger partial charge on any atom is 0.245 e. The lowest BCUT2D eigenvalue weighted by Gasteiger charge is -2.21. The summed E-state index contributed by atoms with van der Waals surface area (Å²) >= 11 is 0. The fourth-order valence-corrected chi connectivity index (χ4v) is 2.50. The molecule has 0 unspecified atom stereocenters. The maximum absolute atomic E-state index is 12.3. The van der Waals surface area contributed by atoms with Gasteiger partial charge in [-0.2, -0.15) is 0 Å². The predicted octanol–water partition coefficient (Wildman–Crippen LogP) is 2.20. The fourth-order valence-electron chi connectivity index (χ4n) is 2.50. The Morgan fingerprint density at radius 3 is 2.67 bits per heavy atom. The number of nitrogens with two attached hydrogens (primary N) is 1. The molecule has 2 heterocycles. The molecule has 3 rings (SSSR count). The van der Waals surface area contributed by atoms with E-state index in [2.05, 4.69) is 4.98 Å². The van der Waals surface area contributed by atoms with Crippen molar-refractivity contribution in [2.45, 2.75) is 0 Å². The molecule has 0 aliphatic heterocycles. The fraction of sp³-hybridized carbons (Fsp3) is 0.125. The molecule has 2 aromatic heterocycles. The number of aryl methyl sites for hydroxylation is 1. The summed E-state index contributed by atoms with van der Waals surface area (Å²) in [5.41, 5.74) is 8.24. The van der Waals surface area contributed by atoms with Gasteiger partial charge in [0.15, 0.2) is 0 Å². The molecule has 0 atom stereocenters. The van der Waals surface area contributed by atoms with Gasteiger partial charge in [-0.05, 0) is 18.2 Å². The molecule has 2 N–H and O–H groups in total. The van der Waals surface area contributed by atoms with Gasteiger partial charge in [0.05, 0.1) is 17.9 Å². The number of para-hydroxylation sites is 1. The second kappa shape index (κ2) is 5.38. The third-order valence-electron chi connectivity index (χ3n) is 3.46. The Morgan fingerprint density at radius 1 is 1.24 bits per heavy atom. The number of rotatable bonds is 3. The number of pyridine rings is 1. The van der Waals surface area contributed by atoms with Gasteiger partial charge >= 0.3 is 0 Å². The Bertz CT molecular complexity index is 779.